The lowest BCUT2D eigenvalue weighted by Gasteiger charge is -2.10. The van der Waals surface area contributed by atoms with Crippen molar-refractivity contribution in [2.75, 3.05) is 0 Å². The van der Waals surface area contributed by atoms with Crippen LogP contribution in [0.15, 0.2) is 18.2 Å². The van der Waals surface area contributed by atoms with Crippen LogP contribution in [-0.4, -0.2) is 5.78 Å². The van der Waals surface area contributed by atoms with Gasteiger partial charge in [0.2, 0.25) is 0 Å². The van der Waals surface area contributed by atoms with E-state index < -0.39 is 0 Å². The Balaban J connectivity index is 2.73. The second kappa shape index (κ2) is 6.05. The number of hydrogen-bond donors (Lipinski definition) is 0. The minimum atomic E-state index is 0.232. The number of benzene rings is 1. The number of carbonyl (C=O) groups excluding carboxylic acids is 1. The van der Waals surface area contributed by atoms with E-state index in [4.69, 9.17) is 11.6 Å². The van der Waals surface area contributed by atoms with Gasteiger partial charge in [-0.3, -0.25) is 4.79 Å². The summed E-state index contributed by atoms with van der Waals surface area (Å²) in [6.45, 7) is 6.21. The van der Waals surface area contributed by atoms with Gasteiger partial charge in [-0.1, -0.05) is 38.3 Å². The number of halogens is 1. The lowest BCUT2D eigenvalue weighted by Crippen LogP contribution is -2.07. The average Bonchev–Trinajstić information content (AvgIpc) is 2.17. The van der Waals surface area contributed by atoms with Gasteiger partial charge in [-0.2, -0.15) is 0 Å². The van der Waals surface area contributed by atoms with Crippen LogP contribution < -0.4 is 0 Å². The minimum absolute atomic E-state index is 0.232. The molecule has 2 heteroatoms. The summed E-state index contributed by atoms with van der Waals surface area (Å²) in [6, 6.07) is 5.46. The Morgan fingerprint density at radius 1 is 1.44 bits per heavy atom. The molecule has 0 aliphatic carbocycles. The maximum Gasteiger partial charge on any atom is 0.163 e. The van der Waals surface area contributed by atoms with Crippen molar-refractivity contribution in [1.29, 1.82) is 0 Å². The first-order valence-corrected chi connectivity index (χ1v) is 6.21. The molecular formula is C14H19ClO. The van der Waals surface area contributed by atoms with Crippen molar-refractivity contribution in [2.45, 2.75) is 40.0 Å². The van der Waals surface area contributed by atoms with E-state index in [1.165, 1.54) is 0 Å². The van der Waals surface area contributed by atoms with Gasteiger partial charge in [-0.05, 0) is 36.6 Å². The molecule has 0 spiro atoms. The molecule has 0 heterocycles. The quantitative estimate of drug-likeness (QED) is 0.682. The van der Waals surface area contributed by atoms with Crippen LogP contribution in [0.4, 0.5) is 0 Å². The van der Waals surface area contributed by atoms with Crippen molar-refractivity contribution >= 4 is 17.4 Å². The van der Waals surface area contributed by atoms with Crippen molar-refractivity contribution in [2.24, 2.45) is 5.92 Å². The van der Waals surface area contributed by atoms with Gasteiger partial charge in [0.05, 0.1) is 0 Å². The minimum Gasteiger partial charge on any atom is -0.294 e. The van der Waals surface area contributed by atoms with Gasteiger partial charge in [0.25, 0.3) is 0 Å². The van der Waals surface area contributed by atoms with E-state index in [1.54, 1.807) is 6.07 Å². The molecule has 0 N–H and O–H groups in total. The van der Waals surface area contributed by atoms with E-state index >= 15 is 0 Å². The van der Waals surface area contributed by atoms with E-state index in [9.17, 15) is 4.79 Å². The third-order valence-electron chi connectivity index (χ3n) is 2.80. The number of hydrogen-bond acceptors (Lipinski definition) is 1. The maximum atomic E-state index is 12.0. The first-order valence-electron chi connectivity index (χ1n) is 5.84. The number of ketones is 1. The fourth-order valence-corrected chi connectivity index (χ4v) is 2.19. The van der Waals surface area contributed by atoms with Crippen LogP contribution in [0.1, 0.15) is 49.0 Å². The summed E-state index contributed by atoms with van der Waals surface area (Å²) in [5.41, 5.74) is 1.79. The molecule has 0 amide bonds. The van der Waals surface area contributed by atoms with Crippen LogP contribution >= 0.6 is 11.6 Å². The number of carbonyl (C=O) groups is 1. The lowest BCUT2D eigenvalue weighted by atomic mass is 9.94. The Bertz CT molecular complexity index is 371. The summed E-state index contributed by atoms with van der Waals surface area (Å²) >= 11 is 5.87. The summed E-state index contributed by atoms with van der Waals surface area (Å²) < 4.78 is 0. The highest BCUT2D eigenvalue weighted by atomic mass is 35.5. The fourth-order valence-electron chi connectivity index (χ4n) is 1.96. The van der Waals surface area contributed by atoms with Crippen molar-refractivity contribution in [3.05, 3.63) is 34.3 Å². The highest BCUT2D eigenvalue weighted by Gasteiger charge is 2.12. The van der Waals surface area contributed by atoms with Gasteiger partial charge < -0.3 is 0 Å². The zero-order chi connectivity index (χ0) is 12.1. The molecule has 88 valence electrons. The topological polar surface area (TPSA) is 17.1 Å². The van der Waals surface area contributed by atoms with E-state index in [-0.39, 0.29) is 5.78 Å². The summed E-state index contributed by atoms with van der Waals surface area (Å²) in [7, 11) is 0. The molecule has 0 fully saturated rings. The molecule has 1 aromatic rings. The third kappa shape index (κ3) is 3.64. The summed E-state index contributed by atoms with van der Waals surface area (Å²) in [5.74, 6) is 0.697. The molecule has 0 aliphatic rings. The monoisotopic (exact) mass is 238 g/mol. The third-order valence-corrected chi connectivity index (χ3v) is 3.04. The molecular weight excluding hydrogens is 220 g/mol. The van der Waals surface area contributed by atoms with Gasteiger partial charge in [0.15, 0.2) is 5.78 Å². The Kier molecular flexibility index (Phi) is 5.01. The predicted octanol–water partition coefficient (Wildman–Crippen LogP) is 4.66. The molecule has 0 saturated heterocycles. The van der Waals surface area contributed by atoms with Gasteiger partial charge in [-0.15, -0.1) is 0 Å². The molecule has 1 nitrogen and oxygen atoms in total. The van der Waals surface area contributed by atoms with Crippen LogP contribution in [0, 0.1) is 12.8 Å². The van der Waals surface area contributed by atoms with E-state index in [1.807, 2.05) is 19.1 Å². The molecule has 0 aliphatic heterocycles. The second-order valence-electron chi connectivity index (χ2n) is 4.48. The Morgan fingerprint density at radius 2 is 2.12 bits per heavy atom. The fraction of sp³-hybridized carbons (Fsp3) is 0.500. The highest BCUT2D eigenvalue weighted by molar-refractivity contribution is 6.30. The standard InChI is InChI=1S/C14H19ClO/c1-4-5-10(2)8-14(16)13-7-6-12(15)9-11(13)3/h6-7,9-10H,4-5,8H2,1-3H3. The molecule has 1 aromatic carbocycles. The van der Waals surface area contributed by atoms with Gasteiger partial charge in [0, 0.05) is 17.0 Å². The molecule has 1 atom stereocenters. The van der Waals surface area contributed by atoms with Gasteiger partial charge in [0.1, 0.15) is 0 Å². The number of rotatable bonds is 5. The predicted molar refractivity (Wildman–Crippen MR) is 69.2 cm³/mol. The van der Waals surface area contributed by atoms with Crippen LogP contribution in [0.5, 0.6) is 0 Å². The highest BCUT2D eigenvalue weighted by Crippen LogP contribution is 2.19. The maximum absolute atomic E-state index is 12.0. The smallest absolute Gasteiger partial charge is 0.163 e. The van der Waals surface area contributed by atoms with Crippen molar-refractivity contribution in [3.63, 3.8) is 0 Å². The molecule has 0 bridgehead atoms. The largest absolute Gasteiger partial charge is 0.294 e. The average molecular weight is 239 g/mol. The molecule has 16 heavy (non-hydrogen) atoms. The summed E-state index contributed by atoms with van der Waals surface area (Å²) in [6.07, 6.45) is 2.88. The van der Waals surface area contributed by atoms with E-state index in [0.717, 1.165) is 24.0 Å². The summed E-state index contributed by atoms with van der Waals surface area (Å²) in [5, 5.41) is 0.690. The van der Waals surface area contributed by atoms with E-state index in [0.29, 0.717) is 17.4 Å². The first kappa shape index (κ1) is 13.2. The number of aryl methyl sites for hydroxylation is 1. The molecule has 1 rings (SSSR count). The van der Waals surface area contributed by atoms with Crippen molar-refractivity contribution in [1.82, 2.24) is 0 Å². The molecule has 1 unspecified atom stereocenters. The Labute approximate surface area is 103 Å². The molecule has 0 aromatic heterocycles. The van der Waals surface area contributed by atoms with Crippen LogP contribution in [-0.2, 0) is 0 Å². The number of Topliss-reactive ketones (excluding diaryl/α,β-unsaturated/α-hetero) is 1. The zero-order valence-electron chi connectivity index (χ0n) is 10.2. The van der Waals surface area contributed by atoms with Crippen LogP contribution in [0.25, 0.3) is 0 Å². The van der Waals surface area contributed by atoms with Crippen LogP contribution in [0.2, 0.25) is 5.02 Å². The van der Waals surface area contributed by atoms with Gasteiger partial charge in [-0.25, -0.2) is 0 Å². The zero-order valence-corrected chi connectivity index (χ0v) is 11.0. The Hall–Kier alpha value is -0.820. The van der Waals surface area contributed by atoms with E-state index in [2.05, 4.69) is 13.8 Å². The van der Waals surface area contributed by atoms with Crippen molar-refractivity contribution in [3.8, 4) is 0 Å². The van der Waals surface area contributed by atoms with Crippen LogP contribution in [0.3, 0.4) is 0 Å². The van der Waals surface area contributed by atoms with Crippen molar-refractivity contribution < 1.29 is 4.79 Å². The lowest BCUT2D eigenvalue weighted by molar-refractivity contribution is 0.0962. The first-order chi connectivity index (χ1) is 7.54. The molecule has 0 saturated carbocycles. The SMILES string of the molecule is CCCC(C)CC(=O)c1ccc(Cl)cc1C. The van der Waals surface area contributed by atoms with Gasteiger partial charge >= 0.3 is 0 Å². The Morgan fingerprint density at radius 3 is 2.69 bits per heavy atom. The normalized spacial score (nSPS) is 12.5. The summed E-state index contributed by atoms with van der Waals surface area (Å²) in [4.78, 5) is 12.0. The molecule has 0 radical (unpaired) electrons. The second-order valence-corrected chi connectivity index (χ2v) is 4.92.